The van der Waals surface area contributed by atoms with E-state index in [1.807, 2.05) is 0 Å². The molecular weight excluding hydrogens is 371 g/mol. The van der Waals surface area contributed by atoms with Gasteiger partial charge in [0, 0.05) is 12.5 Å². The third-order valence-electron chi connectivity index (χ3n) is 4.82. The summed E-state index contributed by atoms with van der Waals surface area (Å²) >= 11 is 5.61. The quantitative estimate of drug-likeness (QED) is 0.850. The maximum Gasteiger partial charge on any atom is 0.417 e. The van der Waals surface area contributed by atoms with E-state index in [-0.39, 0.29) is 42.0 Å². The van der Waals surface area contributed by atoms with E-state index in [2.05, 4.69) is 5.32 Å². The maximum atomic E-state index is 12.9. The number of hydrogen-bond donors (Lipinski definition) is 1. The van der Waals surface area contributed by atoms with E-state index in [9.17, 15) is 18.0 Å². The zero-order valence-electron chi connectivity index (χ0n) is 14.2. The first-order valence-corrected chi connectivity index (χ1v) is 9.09. The zero-order valence-corrected chi connectivity index (χ0v) is 14.9. The Hall–Kier alpha value is -1.31. The largest absolute Gasteiger partial charge is 0.417 e. The zero-order chi connectivity index (χ0) is 18.7. The van der Waals surface area contributed by atoms with Crippen LogP contribution in [0.2, 0.25) is 5.02 Å². The molecule has 26 heavy (non-hydrogen) atoms. The highest BCUT2D eigenvalue weighted by Crippen LogP contribution is 2.35. The minimum atomic E-state index is -4.50. The van der Waals surface area contributed by atoms with E-state index in [0.29, 0.717) is 25.2 Å². The van der Waals surface area contributed by atoms with Crippen LogP contribution in [-0.4, -0.2) is 37.4 Å². The van der Waals surface area contributed by atoms with E-state index in [1.54, 1.807) is 0 Å². The fourth-order valence-corrected chi connectivity index (χ4v) is 3.73. The van der Waals surface area contributed by atoms with Crippen LogP contribution in [-0.2, 0) is 26.9 Å². The fraction of sp³-hybridized carbons (Fsp3) is 0.611. The van der Waals surface area contributed by atoms with Crippen molar-refractivity contribution in [3.8, 4) is 0 Å². The summed E-state index contributed by atoms with van der Waals surface area (Å²) < 4.78 is 50.0. The summed E-state index contributed by atoms with van der Waals surface area (Å²) in [6, 6.07) is 3.76. The molecule has 2 fully saturated rings. The summed E-state index contributed by atoms with van der Waals surface area (Å²) in [4.78, 5) is 12.2. The van der Waals surface area contributed by atoms with E-state index in [1.165, 1.54) is 12.1 Å². The first-order valence-electron chi connectivity index (χ1n) is 8.71. The Labute approximate surface area is 155 Å². The van der Waals surface area contributed by atoms with Gasteiger partial charge in [0.1, 0.15) is 0 Å². The van der Waals surface area contributed by atoms with Gasteiger partial charge in [0.2, 0.25) is 5.91 Å². The van der Waals surface area contributed by atoms with E-state index >= 15 is 0 Å². The molecule has 1 aromatic carbocycles. The second-order valence-corrected chi connectivity index (χ2v) is 7.12. The van der Waals surface area contributed by atoms with Gasteiger partial charge in [0.15, 0.2) is 0 Å². The standard InChI is InChI=1S/C18H21ClF3NO3/c19-14-4-1-11(9-13(14)18(20,21)22)2-6-17(24)23-12-3-5-15-16(10-12)26-8-7-25-15/h1,4,9,12,15-16H,2-3,5-8,10H2,(H,23,24)/t12-,15+,16+/m1/s1. The van der Waals surface area contributed by atoms with Gasteiger partial charge >= 0.3 is 6.18 Å². The number of carbonyl (C=O) groups excluding carboxylic acids is 1. The minimum Gasteiger partial charge on any atom is -0.373 e. The number of ether oxygens (including phenoxy) is 2. The highest BCUT2D eigenvalue weighted by Gasteiger charge is 2.35. The molecule has 3 rings (SSSR count). The van der Waals surface area contributed by atoms with Gasteiger partial charge in [0.25, 0.3) is 0 Å². The Morgan fingerprint density at radius 2 is 1.92 bits per heavy atom. The summed E-state index contributed by atoms with van der Waals surface area (Å²) in [5.74, 6) is -0.173. The summed E-state index contributed by atoms with van der Waals surface area (Å²) in [6.45, 7) is 1.18. The minimum absolute atomic E-state index is 0.00779. The topological polar surface area (TPSA) is 47.6 Å². The number of alkyl halides is 3. The van der Waals surface area contributed by atoms with Crippen molar-refractivity contribution < 1.29 is 27.4 Å². The maximum absolute atomic E-state index is 12.9. The fourth-order valence-electron chi connectivity index (χ4n) is 3.50. The average Bonchev–Trinajstić information content (AvgIpc) is 2.60. The molecule has 2 aliphatic rings. The average molecular weight is 392 g/mol. The van der Waals surface area contributed by atoms with Crippen LogP contribution in [0.1, 0.15) is 36.8 Å². The van der Waals surface area contributed by atoms with Crippen LogP contribution in [0.15, 0.2) is 18.2 Å². The molecule has 0 spiro atoms. The normalized spacial score (nSPS) is 26.2. The molecule has 1 saturated heterocycles. The lowest BCUT2D eigenvalue weighted by molar-refractivity contribution is -0.158. The number of benzene rings is 1. The second kappa shape index (κ2) is 8.15. The van der Waals surface area contributed by atoms with Crippen molar-refractivity contribution in [3.63, 3.8) is 0 Å². The van der Waals surface area contributed by atoms with Gasteiger partial charge in [-0.2, -0.15) is 13.2 Å². The molecule has 1 amide bonds. The predicted molar refractivity (Wildman–Crippen MR) is 90.0 cm³/mol. The monoisotopic (exact) mass is 391 g/mol. The van der Waals surface area contributed by atoms with E-state index in [0.717, 1.165) is 18.9 Å². The third kappa shape index (κ3) is 4.90. The van der Waals surface area contributed by atoms with Crippen LogP contribution >= 0.6 is 11.6 Å². The van der Waals surface area contributed by atoms with E-state index < -0.39 is 11.7 Å². The first kappa shape index (κ1) is 19.5. The van der Waals surface area contributed by atoms with Gasteiger partial charge in [-0.1, -0.05) is 17.7 Å². The molecule has 1 N–H and O–H groups in total. The third-order valence-corrected chi connectivity index (χ3v) is 5.15. The summed E-state index contributed by atoms with van der Waals surface area (Å²) in [5.41, 5.74) is -0.436. The molecule has 1 heterocycles. The number of amides is 1. The van der Waals surface area contributed by atoms with Crippen LogP contribution in [0.25, 0.3) is 0 Å². The highest BCUT2D eigenvalue weighted by molar-refractivity contribution is 6.31. The van der Waals surface area contributed by atoms with Crippen LogP contribution < -0.4 is 5.32 Å². The lowest BCUT2D eigenvalue weighted by Gasteiger charge is -2.39. The van der Waals surface area contributed by atoms with Crippen molar-refractivity contribution >= 4 is 17.5 Å². The van der Waals surface area contributed by atoms with Gasteiger partial charge in [0.05, 0.1) is 36.0 Å². The number of halogens is 4. The summed E-state index contributed by atoms with van der Waals surface area (Å²) in [6.07, 6.45) is -1.69. The molecule has 1 aliphatic carbocycles. The molecule has 0 radical (unpaired) electrons. The van der Waals surface area contributed by atoms with E-state index in [4.69, 9.17) is 21.1 Å². The Bertz CT molecular complexity index is 653. The Balaban J connectivity index is 1.50. The van der Waals surface area contributed by atoms with Gasteiger partial charge in [-0.15, -0.1) is 0 Å². The van der Waals surface area contributed by atoms with Crippen LogP contribution in [0, 0.1) is 0 Å². The van der Waals surface area contributed by atoms with Crippen molar-refractivity contribution in [2.24, 2.45) is 0 Å². The first-order chi connectivity index (χ1) is 12.3. The Morgan fingerprint density at radius 3 is 2.65 bits per heavy atom. The molecule has 144 valence electrons. The van der Waals surface area contributed by atoms with Crippen molar-refractivity contribution in [1.29, 1.82) is 0 Å². The van der Waals surface area contributed by atoms with Gasteiger partial charge in [-0.3, -0.25) is 4.79 Å². The predicted octanol–water partition coefficient (Wildman–Crippen LogP) is 3.74. The number of nitrogens with one attached hydrogen (secondary N) is 1. The summed E-state index contributed by atoms with van der Waals surface area (Å²) in [5, 5.41) is 2.62. The summed E-state index contributed by atoms with van der Waals surface area (Å²) in [7, 11) is 0. The molecule has 8 heteroatoms. The van der Waals surface area contributed by atoms with Gasteiger partial charge in [-0.05, 0) is 43.4 Å². The molecule has 0 aromatic heterocycles. The smallest absolute Gasteiger partial charge is 0.373 e. The van der Waals surface area contributed by atoms with Crippen LogP contribution in [0.3, 0.4) is 0 Å². The molecule has 1 aromatic rings. The molecule has 1 aliphatic heterocycles. The van der Waals surface area contributed by atoms with Crippen LogP contribution in [0.5, 0.6) is 0 Å². The number of rotatable bonds is 4. The number of fused-ring (bicyclic) bond motifs is 1. The molecular formula is C18H21ClF3NO3. The molecule has 3 atom stereocenters. The molecule has 1 saturated carbocycles. The van der Waals surface area contributed by atoms with Gasteiger partial charge in [-0.25, -0.2) is 0 Å². The molecule has 0 unspecified atom stereocenters. The number of aryl methyl sites for hydroxylation is 1. The second-order valence-electron chi connectivity index (χ2n) is 6.71. The number of hydrogen-bond acceptors (Lipinski definition) is 3. The van der Waals surface area contributed by atoms with Gasteiger partial charge < -0.3 is 14.8 Å². The van der Waals surface area contributed by atoms with Crippen molar-refractivity contribution in [2.75, 3.05) is 13.2 Å². The SMILES string of the molecule is O=C(CCc1ccc(Cl)c(C(F)(F)F)c1)N[C@@H]1CC[C@@H]2OCCO[C@H]2C1. The Morgan fingerprint density at radius 1 is 1.19 bits per heavy atom. The molecule has 0 bridgehead atoms. The molecule has 4 nitrogen and oxygen atoms in total. The lowest BCUT2D eigenvalue weighted by Crippen LogP contribution is -2.49. The van der Waals surface area contributed by atoms with Crippen LogP contribution in [0.4, 0.5) is 13.2 Å². The lowest BCUT2D eigenvalue weighted by atomic mass is 9.89. The van der Waals surface area contributed by atoms with Crippen molar-refractivity contribution in [3.05, 3.63) is 34.3 Å². The highest BCUT2D eigenvalue weighted by atomic mass is 35.5. The van der Waals surface area contributed by atoms with Crippen molar-refractivity contribution in [2.45, 2.75) is 56.5 Å². The number of carbonyl (C=O) groups is 1. The van der Waals surface area contributed by atoms with Crippen molar-refractivity contribution in [1.82, 2.24) is 5.32 Å². The Kier molecular flexibility index (Phi) is 6.10.